The van der Waals surface area contributed by atoms with Crippen LogP contribution in [0, 0.1) is 0 Å². The molecule has 6 nitrogen and oxygen atoms in total. The average molecular weight is 555 g/mol. The summed E-state index contributed by atoms with van der Waals surface area (Å²) in [4.78, 5) is 0. The Hall–Kier alpha value is -0.240. The van der Waals surface area contributed by atoms with Gasteiger partial charge in [-0.2, -0.15) is 0 Å². The van der Waals surface area contributed by atoms with Crippen LogP contribution in [-0.2, 0) is 0 Å². The van der Waals surface area contributed by atoms with E-state index in [1.807, 2.05) is 6.92 Å². The zero-order chi connectivity index (χ0) is 29.0. The van der Waals surface area contributed by atoms with E-state index < -0.39 is 0 Å². The van der Waals surface area contributed by atoms with E-state index in [1.54, 1.807) is 0 Å². The Morgan fingerprint density at radius 1 is 0.410 bits per heavy atom. The third kappa shape index (κ3) is 30.5. The molecular formula is C33H74N6. The number of hydrogen-bond donors (Lipinski definition) is 6. The number of hydrogen-bond acceptors (Lipinski definition) is 6. The molecule has 0 aliphatic heterocycles. The van der Waals surface area contributed by atoms with Gasteiger partial charge in [0.1, 0.15) is 0 Å². The lowest BCUT2D eigenvalue weighted by molar-refractivity contribution is 0.403. The standard InChI is InChI=1S/C33H74N6/c1-7-8-9-10-11-12-13-14-15-16-17-18-19-20-21-22-23-35-25-30(3)37-27-32(5)39-28-33(6)38-26-31(4)36-24-29(2)34/h29-33,35-39H,7-28,34H2,1-6H3. The summed E-state index contributed by atoms with van der Waals surface area (Å²) in [6, 6.07) is 2.06. The van der Waals surface area contributed by atoms with Crippen LogP contribution in [0.2, 0.25) is 0 Å². The van der Waals surface area contributed by atoms with E-state index in [9.17, 15) is 0 Å². The van der Waals surface area contributed by atoms with Gasteiger partial charge in [-0.05, 0) is 47.6 Å². The monoisotopic (exact) mass is 555 g/mol. The second-order valence-electron chi connectivity index (χ2n) is 12.7. The quantitative estimate of drug-likeness (QED) is 0.0581. The Labute approximate surface area is 246 Å². The van der Waals surface area contributed by atoms with Crippen LogP contribution in [0.3, 0.4) is 0 Å². The molecule has 0 saturated heterocycles. The summed E-state index contributed by atoms with van der Waals surface area (Å²) in [7, 11) is 0. The predicted molar refractivity (Wildman–Crippen MR) is 176 cm³/mol. The zero-order valence-corrected chi connectivity index (χ0v) is 27.5. The minimum Gasteiger partial charge on any atom is -0.327 e. The van der Waals surface area contributed by atoms with Crippen LogP contribution < -0.4 is 32.3 Å². The van der Waals surface area contributed by atoms with Gasteiger partial charge in [0, 0.05) is 62.9 Å². The molecule has 0 rings (SSSR count). The zero-order valence-electron chi connectivity index (χ0n) is 27.5. The molecule has 0 aliphatic rings. The van der Waals surface area contributed by atoms with Gasteiger partial charge in [0.2, 0.25) is 0 Å². The van der Waals surface area contributed by atoms with E-state index in [4.69, 9.17) is 5.73 Å². The van der Waals surface area contributed by atoms with Gasteiger partial charge in [-0.25, -0.2) is 0 Å². The Bertz CT molecular complexity index is 475. The van der Waals surface area contributed by atoms with Crippen LogP contribution in [0.4, 0.5) is 0 Å². The SMILES string of the molecule is CCCCCCCCCCCCCCCCCCNCC(C)NCC(C)NCC(C)NCC(C)NCC(C)N. The molecule has 236 valence electrons. The van der Waals surface area contributed by atoms with Crippen molar-refractivity contribution >= 4 is 0 Å². The van der Waals surface area contributed by atoms with Crippen LogP contribution in [0.25, 0.3) is 0 Å². The minimum absolute atomic E-state index is 0.205. The molecule has 0 bridgehead atoms. The summed E-state index contributed by atoms with van der Waals surface area (Å²) in [5.41, 5.74) is 5.82. The molecule has 0 aromatic rings. The topological polar surface area (TPSA) is 86.2 Å². The summed E-state index contributed by atoms with van der Waals surface area (Å²) < 4.78 is 0. The van der Waals surface area contributed by atoms with Crippen molar-refractivity contribution < 1.29 is 0 Å². The molecule has 39 heavy (non-hydrogen) atoms. The van der Waals surface area contributed by atoms with Gasteiger partial charge in [-0.3, -0.25) is 0 Å². The van der Waals surface area contributed by atoms with Crippen LogP contribution in [0.5, 0.6) is 0 Å². The second-order valence-corrected chi connectivity index (χ2v) is 12.7. The Balaban J connectivity index is 3.41. The largest absolute Gasteiger partial charge is 0.327 e. The fourth-order valence-electron chi connectivity index (χ4n) is 4.93. The van der Waals surface area contributed by atoms with Gasteiger partial charge >= 0.3 is 0 Å². The smallest absolute Gasteiger partial charge is 0.0164 e. The summed E-state index contributed by atoms with van der Waals surface area (Å²) in [5.74, 6) is 0. The van der Waals surface area contributed by atoms with Gasteiger partial charge in [0.25, 0.3) is 0 Å². The first-order valence-electron chi connectivity index (χ1n) is 17.2. The molecule has 0 fully saturated rings. The third-order valence-corrected chi connectivity index (χ3v) is 7.76. The Morgan fingerprint density at radius 2 is 0.718 bits per heavy atom. The molecule has 0 saturated carbocycles. The number of nitrogens with two attached hydrogens (primary N) is 1. The molecule has 5 unspecified atom stereocenters. The molecule has 6 heteroatoms. The van der Waals surface area contributed by atoms with Gasteiger partial charge < -0.3 is 32.3 Å². The lowest BCUT2D eigenvalue weighted by Gasteiger charge is -2.23. The number of unbranched alkanes of at least 4 members (excludes halogenated alkanes) is 15. The summed E-state index contributed by atoms with van der Waals surface area (Å²) in [5, 5.41) is 18.0. The van der Waals surface area contributed by atoms with Crippen molar-refractivity contribution in [2.45, 2.75) is 174 Å². The number of nitrogens with one attached hydrogen (secondary N) is 5. The van der Waals surface area contributed by atoms with Crippen LogP contribution in [0.15, 0.2) is 0 Å². The molecule has 0 heterocycles. The third-order valence-electron chi connectivity index (χ3n) is 7.76. The second kappa shape index (κ2) is 29.3. The molecule has 0 aromatic carbocycles. The maximum Gasteiger partial charge on any atom is 0.0164 e. The lowest BCUT2D eigenvalue weighted by atomic mass is 10.0. The first kappa shape index (κ1) is 38.8. The molecule has 0 aliphatic carbocycles. The summed E-state index contributed by atoms with van der Waals surface area (Å²) >= 11 is 0. The first-order chi connectivity index (χ1) is 18.8. The number of rotatable bonds is 31. The highest BCUT2D eigenvalue weighted by atomic mass is 15.1. The fraction of sp³-hybridized carbons (Fsp3) is 1.00. The van der Waals surface area contributed by atoms with Gasteiger partial charge in [0.05, 0.1) is 0 Å². The van der Waals surface area contributed by atoms with E-state index in [1.165, 1.54) is 103 Å². The molecule has 5 atom stereocenters. The molecule has 0 spiro atoms. The van der Waals surface area contributed by atoms with E-state index in [0.717, 1.165) is 39.3 Å². The van der Waals surface area contributed by atoms with Crippen LogP contribution >= 0.6 is 0 Å². The van der Waals surface area contributed by atoms with Crippen molar-refractivity contribution in [1.82, 2.24) is 26.6 Å². The maximum atomic E-state index is 5.82. The van der Waals surface area contributed by atoms with E-state index in [2.05, 4.69) is 61.2 Å². The molecule has 0 aromatic heterocycles. The Kier molecular flexibility index (Phi) is 29.1. The maximum absolute atomic E-state index is 5.82. The van der Waals surface area contributed by atoms with E-state index >= 15 is 0 Å². The van der Waals surface area contributed by atoms with Crippen molar-refractivity contribution in [2.75, 3.05) is 39.3 Å². The summed E-state index contributed by atoms with van der Waals surface area (Å²) in [6.07, 6.45) is 22.9. The molecule has 7 N–H and O–H groups in total. The summed E-state index contributed by atoms with van der Waals surface area (Å²) in [6.45, 7) is 19.4. The highest BCUT2D eigenvalue weighted by molar-refractivity contribution is 4.75. The fourth-order valence-corrected chi connectivity index (χ4v) is 4.93. The average Bonchev–Trinajstić information content (AvgIpc) is 2.91. The van der Waals surface area contributed by atoms with Gasteiger partial charge in [-0.15, -0.1) is 0 Å². The van der Waals surface area contributed by atoms with Crippen molar-refractivity contribution in [3.8, 4) is 0 Å². The highest BCUT2D eigenvalue weighted by Gasteiger charge is 2.09. The van der Waals surface area contributed by atoms with Crippen molar-refractivity contribution in [3.05, 3.63) is 0 Å². The molecule has 0 radical (unpaired) electrons. The predicted octanol–water partition coefficient (Wildman–Crippen LogP) is 6.10. The van der Waals surface area contributed by atoms with E-state index in [0.29, 0.717) is 24.2 Å². The van der Waals surface area contributed by atoms with Crippen molar-refractivity contribution in [3.63, 3.8) is 0 Å². The highest BCUT2D eigenvalue weighted by Crippen LogP contribution is 2.13. The Morgan fingerprint density at radius 3 is 1.08 bits per heavy atom. The lowest BCUT2D eigenvalue weighted by Crippen LogP contribution is -2.49. The van der Waals surface area contributed by atoms with E-state index in [-0.39, 0.29) is 6.04 Å². The van der Waals surface area contributed by atoms with Crippen molar-refractivity contribution in [1.29, 1.82) is 0 Å². The van der Waals surface area contributed by atoms with Crippen LogP contribution in [-0.4, -0.2) is 69.5 Å². The van der Waals surface area contributed by atoms with Gasteiger partial charge in [-0.1, -0.05) is 103 Å². The minimum atomic E-state index is 0.205. The normalized spacial score (nSPS) is 15.8. The van der Waals surface area contributed by atoms with Crippen molar-refractivity contribution in [2.24, 2.45) is 5.73 Å². The first-order valence-corrected chi connectivity index (χ1v) is 17.2. The van der Waals surface area contributed by atoms with Crippen LogP contribution in [0.1, 0.15) is 144 Å². The van der Waals surface area contributed by atoms with Gasteiger partial charge in [0.15, 0.2) is 0 Å². The molecule has 0 amide bonds. The molecular weight excluding hydrogens is 480 g/mol.